The summed E-state index contributed by atoms with van der Waals surface area (Å²) in [6.45, 7) is 2.28. The van der Waals surface area contributed by atoms with Gasteiger partial charge in [0.25, 0.3) is 11.5 Å². The van der Waals surface area contributed by atoms with Crippen molar-refractivity contribution in [3.8, 4) is 0 Å². The number of aromatic amines is 1. The minimum Gasteiger partial charge on any atom is -0.358 e. The molecule has 0 saturated heterocycles. The minimum atomic E-state index is -0.556. The number of nitrogens with zero attached hydrogens (tertiary/aromatic N) is 2. The van der Waals surface area contributed by atoms with Gasteiger partial charge in [-0.25, -0.2) is 5.43 Å². The van der Waals surface area contributed by atoms with Gasteiger partial charge in [0.15, 0.2) is 0 Å². The van der Waals surface area contributed by atoms with E-state index in [0.717, 1.165) is 27.7 Å². The Bertz CT molecular complexity index is 1300. The smallest absolute Gasteiger partial charge is 0.276 e. The number of fused-ring (bicyclic) bond motifs is 1. The van der Waals surface area contributed by atoms with Gasteiger partial charge in [0.1, 0.15) is 5.56 Å². The second kappa shape index (κ2) is 8.39. The van der Waals surface area contributed by atoms with Crippen molar-refractivity contribution in [2.75, 3.05) is 0 Å². The SMILES string of the molecule is Cc1[nH]c2ccccc2c1/C=N\NC(=O)c1cccn(Cc2ccc(Cl)cc2)c1=O. The Balaban J connectivity index is 1.52. The highest BCUT2D eigenvalue weighted by atomic mass is 35.5. The molecule has 0 radical (unpaired) electrons. The van der Waals surface area contributed by atoms with Crippen molar-refractivity contribution in [2.45, 2.75) is 13.5 Å². The number of carbonyl (C=O) groups is 1. The Morgan fingerprint density at radius 1 is 1.13 bits per heavy atom. The topological polar surface area (TPSA) is 79.2 Å². The molecule has 0 bridgehead atoms. The van der Waals surface area contributed by atoms with Gasteiger partial charge in [-0.1, -0.05) is 41.9 Å². The molecule has 30 heavy (non-hydrogen) atoms. The number of rotatable bonds is 5. The van der Waals surface area contributed by atoms with Gasteiger partial charge in [0, 0.05) is 33.4 Å². The van der Waals surface area contributed by atoms with Crippen LogP contribution in [-0.2, 0) is 6.54 Å². The lowest BCUT2D eigenvalue weighted by atomic mass is 10.1. The monoisotopic (exact) mass is 418 g/mol. The molecule has 2 N–H and O–H groups in total. The van der Waals surface area contributed by atoms with Crippen LogP contribution in [0.15, 0.2) is 76.8 Å². The largest absolute Gasteiger partial charge is 0.358 e. The molecule has 1 amide bonds. The summed E-state index contributed by atoms with van der Waals surface area (Å²) >= 11 is 5.90. The molecule has 0 atom stereocenters. The molecule has 0 fully saturated rings. The summed E-state index contributed by atoms with van der Waals surface area (Å²) in [7, 11) is 0. The number of pyridine rings is 1. The maximum atomic E-state index is 12.7. The van der Waals surface area contributed by atoms with Gasteiger partial charge >= 0.3 is 0 Å². The third kappa shape index (κ3) is 4.04. The van der Waals surface area contributed by atoms with Crippen LogP contribution in [0.4, 0.5) is 0 Å². The lowest BCUT2D eigenvalue weighted by molar-refractivity contribution is 0.0953. The molecule has 4 aromatic rings. The van der Waals surface area contributed by atoms with Crippen LogP contribution in [0.2, 0.25) is 5.02 Å². The Kier molecular flexibility index (Phi) is 5.50. The number of aromatic nitrogens is 2. The number of hydrogen-bond donors (Lipinski definition) is 2. The number of hydrogen-bond acceptors (Lipinski definition) is 3. The molecule has 6 nitrogen and oxygen atoms in total. The maximum Gasteiger partial charge on any atom is 0.276 e. The summed E-state index contributed by atoms with van der Waals surface area (Å²) in [6, 6.07) is 18.2. The zero-order valence-corrected chi connectivity index (χ0v) is 17.0. The number of H-pyrrole nitrogens is 1. The van der Waals surface area contributed by atoms with Gasteiger partial charge in [-0.15, -0.1) is 0 Å². The predicted octanol–water partition coefficient (Wildman–Crippen LogP) is 4.10. The van der Waals surface area contributed by atoms with Crippen molar-refractivity contribution in [3.63, 3.8) is 0 Å². The van der Waals surface area contributed by atoms with Gasteiger partial charge in [0.05, 0.1) is 12.8 Å². The summed E-state index contributed by atoms with van der Waals surface area (Å²) in [5.74, 6) is -0.556. The predicted molar refractivity (Wildman–Crippen MR) is 119 cm³/mol. The first-order valence-corrected chi connectivity index (χ1v) is 9.75. The number of para-hydroxylation sites is 1. The molecule has 2 aromatic heterocycles. The Morgan fingerprint density at radius 3 is 2.70 bits per heavy atom. The molecule has 0 saturated carbocycles. The second-order valence-corrected chi connectivity index (χ2v) is 7.33. The van der Waals surface area contributed by atoms with Crippen molar-refractivity contribution in [3.05, 3.63) is 105 Å². The molecule has 150 valence electrons. The van der Waals surface area contributed by atoms with E-state index in [4.69, 9.17) is 11.6 Å². The van der Waals surface area contributed by atoms with Crippen LogP contribution in [0.5, 0.6) is 0 Å². The van der Waals surface area contributed by atoms with E-state index in [1.54, 1.807) is 30.6 Å². The maximum absolute atomic E-state index is 12.7. The lowest BCUT2D eigenvalue weighted by Crippen LogP contribution is -2.30. The number of amides is 1. The highest BCUT2D eigenvalue weighted by Crippen LogP contribution is 2.19. The van der Waals surface area contributed by atoms with Crippen LogP contribution in [-0.4, -0.2) is 21.7 Å². The molecule has 0 aliphatic heterocycles. The fraction of sp³-hybridized carbons (Fsp3) is 0.0870. The van der Waals surface area contributed by atoms with Crippen LogP contribution in [0.1, 0.15) is 27.2 Å². The van der Waals surface area contributed by atoms with E-state index in [0.29, 0.717) is 11.6 Å². The summed E-state index contributed by atoms with van der Waals surface area (Å²) in [5.41, 5.74) is 5.83. The first-order valence-electron chi connectivity index (χ1n) is 9.37. The lowest BCUT2D eigenvalue weighted by Gasteiger charge is -2.08. The quantitative estimate of drug-likeness (QED) is 0.378. The average molecular weight is 419 g/mol. The molecule has 0 aliphatic carbocycles. The number of hydrazone groups is 1. The standard InChI is InChI=1S/C23H19ClN4O2/c1-15-20(18-5-2-3-7-21(18)26-15)13-25-27-22(29)19-6-4-12-28(23(19)30)14-16-8-10-17(24)11-9-16/h2-13,26H,14H2,1H3,(H,27,29)/b25-13-. The normalized spacial score (nSPS) is 11.3. The van der Waals surface area contributed by atoms with E-state index in [1.165, 1.54) is 10.6 Å². The van der Waals surface area contributed by atoms with Crippen LogP contribution in [0.3, 0.4) is 0 Å². The zero-order valence-electron chi connectivity index (χ0n) is 16.2. The molecule has 4 rings (SSSR count). The molecular formula is C23H19ClN4O2. The molecule has 0 unspecified atom stereocenters. The Labute approximate surface area is 177 Å². The first kappa shape index (κ1) is 19.7. The second-order valence-electron chi connectivity index (χ2n) is 6.89. The summed E-state index contributed by atoms with van der Waals surface area (Å²) in [6.07, 6.45) is 3.23. The Morgan fingerprint density at radius 2 is 1.90 bits per heavy atom. The highest BCUT2D eigenvalue weighted by Gasteiger charge is 2.12. The number of nitrogens with one attached hydrogen (secondary N) is 2. The summed E-state index contributed by atoms with van der Waals surface area (Å²) in [4.78, 5) is 28.5. The van der Waals surface area contributed by atoms with E-state index >= 15 is 0 Å². The van der Waals surface area contributed by atoms with Crippen molar-refractivity contribution in [1.82, 2.24) is 15.0 Å². The van der Waals surface area contributed by atoms with Crippen molar-refractivity contribution < 1.29 is 4.79 Å². The summed E-state index contributed by atoms with van der Waals surface area (Å²) < 4.78 is 1.48. The molecule has 2 heterocycles. The highest BCUT2D eigenvalue weighted by molar-refractivity contribution is 6.30. The fourth-order valence-corrected chi connectivity index (χ4v) is 3.43. The Hall–Kier alpha value is -3.64. The van der Waals surface area contributed by atoms with Crippen molar-refractivity contribution in [1.29, 1.82) is 0 Å². The third-order valence-corrected chi connectivity index (χ3v) is 5.09. The van der Waals surface area contributed by atoms with E-state index in [9.17, 15) is 9.59 Å². The molecular weight excluding hydrogens is 400 g/mol. The zero-order chi connectivity index (χ0) is 21.1. The van der Waals surface area contributed by atoms with E-state index in [2.05, 4.69) is 15.5 Å². The molecule has 0 spiro atoms. The van der Waals surface area contributed by atoms with Gasteiger partial charge in [-0.3, -0.25) is 9.59 Å². The molecule has 0 aliphatic rings. The molecule has 2 aromatic carbocycles. The number of benzene rings is 2. The number of aryl methyl sites for hydroxylation is 1. The van der Waals surface area contributed by atoms with Crippen molar-refractivity contribution >= 4 is 34.6 Å². The van der Waals surface area contributed by atoms with Crippen LogP contribution >= 0.6 is 11.6 Å². The molecule has 7 heteroatoms. The first-order chi connectivity index (χ1) is 14.5. The third-order valence-electron chi connectivity index (χ3n) is 4.83. The average Bonchev–Trinajstić information content (AvgIpc) is 3.06. The van der Waals surface area contributed by atoms with Crippen LogP contribution < -0.4 is 11.0 Å². The van der Waals surface area contributed by atoms with Crippen LogP contribution in [0.25, 0.3) is 10.9 Å². The minimum absolute atomic E-state index is 0.0271. The summed E-state index contributed by atoms with van der Waals surface area (Å²) in [5, 5.41) is 5.70. The fourth-order valence-electron chi connectivity index (χ4n) is 3.30. The van der Waals surface area contributed by atoms with Gasteiger partial charge in [0.2, 0.25) is 0 Å². The van der Waals surface area contributed by atoms with E-state index in [-0.39, 0.29) is 11.1 Å². The van der Waals surface area contributed by atoms with Crippen molar-refractivity contribution in [2.24, 2.45) is 5.10 Å². The van der Waals surface area contributed by atoms with Gasteiger partial charge in [-0.2, -0.15) is 5.10 Å². The van der Waals surface area contributed by atoms with E-state index < -0.39 is 5.91 Å². The van der Waals surface area contributed by atoms with Gasteiger partial charge in [-0.05, 0) is 42.8 Å². The van der Waals surface area contributed by atoms with Gasteiger partial charge < -0.3 is 9.55 Å². The number of halogens is 1. The van der Waals surface area contributed by atoms with E-state index in [1.807, 2.05) is 43.3 Å². The number of carbonyl (C=O) groups excluding carboxylic acids is 1. The van der Waals surface area contributed by atoms with Crippen LogP contribution in [0, 0.1) is 6.92 Å².